The fourth-order valence-electron chi connectivity index (χ4n) is 2.18. The summed E-state index contributed by atoms with van der Waals surface area (Å²) < 4.78 is 30.8. The number of rotatable bonds is 6. The SMILES string of the molecule is CCC(C)n1nccc1NS(=O)(=O)c1cnn(-c2ccccn2)c1. The Morgan fingerprint density at radius 1 is 1.21 bits per heavy atom. The molecular formula is C15H18N6O2S. The highest BCUT2D eigenvalue weighted by atomic mass is 32.2. The Bertz CT molecular complexity index is 916. The van der Waals surface area contributed by atoms with Crippen LogP contribution in [0.4, 0.5) is 5.82 Å². The molecule has 0 saturated carbocycles. The van der Waals surface area contributed by atoms with E-state index in [4.69, 9.17) is 0 Å². The van der Waals surface area contributed by atoms with Crippen LogP contribution in [0.1, 0.15) is 26.3 Å². The van der Waals surface area contributed by atoms with Crippen LogP contribution in [0.5, 0.6) is 0 Å². The smallest absolute Gasteiger partial charge is 0.263 e. The van der Waals surface area contributed by atoms with Crippen LogP contribution in [0, 0.1) is 0 Å². The number of sulfonamides is 1. The van der Waals surface area contributed by atoms with E-state index in [9.17, 15) is 8.42 Å². The summed E-state index contributed by atoms with van der Waals surface area (Å²) in [6.45, 7) is 3.99. The van der Waals surface area contributed by atoms with Crippen LogP contribution in [0.3, 0.4) is 0 Å². The Morgan fingerprint density at radius 3 is 2.75 bits per heavy atom. The fourth-order valence-corrected chi connectivity index (χ4v) is 3.15. The van der Waals surface area contributed by atoms with Crippen molar-refractivity contribution in [1.29, 1.82) is 0 Å². The number of hydrogen-bond donors (Lipinski definition) is 1. The lowest BCUT2D eigenvalue weighted by Gasteiger charge is -2.14. The van der Waals surface area contributed by atoms with Gasteiger partial charge in [-0.3, -0.25) is 4.72 Å². The molecule has 0 aliphatic carbocycles. The first-order chi connectivity index (χ1) is 11.5. The number of hydrogen-bond acceptors (Lipinski definition) is 5. The summed E-state index contributed by atoms with van der Waals surface area (Å²) in [7, 11) is -3.76. The van der Waals surface area contributed by atoms with Gasteiger partial charge in [0.2, 0.25) is 0 Å². The maximum Gasteiger partial charge on any atom is 0.266 e. The summed E-state index contributed by atoms with van der Waals surface area (Å²) in [5, 5.41) is 8.24. The third-order valence-corrected chi connectivity index (χ3v) is 4.98. The van der Waals surface area contributed by atoms with E-state index in [1.165, 1.54) is 17.1 Å². The van der Waals surface area contributed by atoms with Crippen LogP contribution >= 0.6 is 0 Å². The molecule has 3 heterocycles. The van der Waals surface area contributed by atoms with Gasteiger partial charge in [-0.1, -0.05) is 13.0 Å². The van der Waals surface area contributed by atoms with Crippen molar-refractivity contribution in [1.82, 2.24) is 24.5 Å². The molecule has 0 radical (unpaired) electrons. The lowest BCUT2D eigenvalue weighted by Crippen LogP contribution is -2.17. The van der Waals surface area contributed by atoms with Crippen molar-refractivity contribution in [2.45, 2.75) is 31.2 Å². The number of pyridine rings is 1. The van der Waals surface area contributed by atoms with E-state index in [2.05, 4.69) is 19.9 Å². The van der Waals surface area contributed by atoms with Crippen molar-refractivity contribution in [2.24, 2.45) is 0 Å². The number of nitrogens with zero attached hydrogens (tertiary/aromatic N) is 5. The van der Waals surface area contributed by atoms with Crippen molar-refractivity contribution in [3.63, 3.8) is 0 Å². The second kappa shape index (κ2) is 6.44. The molecule has 0 aliphatic heterocycles. The fraction of sp³-hybridized carbons (Fsp3) is 0.267. The minimum Gasteiger partial charge on any atom is -0.263 e. The number of anilines is 1. The lowest BCUT2D eigenvalue weighted by atomic mass is 10.3. The molecule has 0 amide bonds. The molecule has 0 aliphatic rings. The third kappa shape index (κ3) is 3.16. The number of aromatic nitrogens is 5. The Morgan fingerprint density at radius 2 is 2.04 bits per heavy atom. The normalized spacial score (nSPS) is 12.9. The molecule has 1 atom stereocenters. The molecule has 24 heavy (non-hydrogen) atoms. The minimum absolute atomic E-state index is 0.0602. The molecule has 0 spiro atoms. The molecule has 8 nitrogen and oxygen atoms in total. The van der Waals surface area contributed by atoms with Gasteiger partial charge in [0, 0.05) is 12.3 Å². The summed E-state index contributed by atoms with van der Waals surface area (Å²) >= 11 is 0. The Balaban J connectivity index is 1.87. The summed E-state index contributed by atoms with van der Waals surface area (Å²) in [6.07, 6.45) is 6.75. The summed E-state index contributed by atoms with van der Waals surface area (Å²) in [5.41, 5.74) is 0. The van der Waals surface area contributed by atoms with Gasteiger partial charge in [0.05, 0.1) is 24.6 Å². The van der Waals surface area contributed by atoms with Crippen molar-refractivity contribution in [3.05, 3.63) is 49.1 Å². The van der Waals surface area contributed by atoms with E-state index in [0.717, 1.165) is 6.42 Å². The average molecular weight is 346 g/mol. The monoisotopic (exact) mass is 346 g/mol. The largest absolute Gasteiger partial charge is 0.266 e. The van der Waals surface area contributed by atoms with Crippen LogP contribution < -0.4 is 4.72 Å². The zero-order valence-corrected chi connectivity index (χ0v) is 14.2. The van der Waals surface area contributed by atoms with Gasteiger partial charge in [-0.2, -0.15) is 10.2 Å². The zero-order chi connectivity index (χ0) is 17.2. The van der Waals surface area contributed by atoms with E-state index in [1.54, 1.807) is 41.3 Å². The van der Waals surface area contributed by atoms with Crippen LogP contribution in [0.15, 0.2) is 53.9 Å². The Kier molecular flexibility index (Phi) is 4.34. The Labute approximate surface area is 140 Å². The van der Waals surface area contributed by atoms with Crippen molar-refractivity contribution < 1.29 is 8.42 Å². The minimum atomic E-state index is -3.76. The van der Waals surface area contributed by atoms with Crippen LogP contribution in [-0.2, 0) is 10.0 Å². The third-order valence-electron chi connectivity index (χ3n) is 3.67. The number of nitrogens with one attached hydrogen (secondary N) is 1. The standard InChI is InChI=1S/C15H18N6O2S/c1-3-12(2)21-15(7-9-17-21)19-24(22,23)13-10-18-20(11-13)14-6-4-5-8-16-14/h4-12,19H,3H2,1-2H3. The average Bonchev–Trinajstić information content (AvgIpc) is 3.24. The van der Waals surface area contributed by atoms with Gasteiger partial charge < -0.3 is 0 Å². The van der Waals surface area contributed by atoms with Crippen molar-refractivity contribution in [2.75, 3.05) is 4.72 Å². The highest BCUT2D eigenvalue weighted by molar-refractivity contribution is 7.92. The van der Waals surface area contributed by atoms with E-state index < -0.39 is 10.0 Å². The molecule has 3 aromatic heterocycles. The van der Waals surface area contributed by atoms with Gasteiger partial charge in [-0.15, -0.1) is 0 Å². The topological polar surface area (TPSA) is 94.7 Å². The predicted octanol–water partition coefficient (Wildman–Crippen LogP) is 2.24. The molecule has 1 unspecified atom stereocenters. The molecule has 0 saturated heterocycles. The predicted molar refractivity (Wildman–Crippen MR) is 89.4 cm³/mol. The van der Waals surface area contributed by atoms with E-state index in [-0.39, 0.29) is 10.9 Å². The van der Waals surface area contributed by atoms with Gasteiger partial charge in [0.1, 0.15) is 10.7 Å². The van der Waals surface area contributed by atoms with Gasteiger partial charge in [0.15, 0.2) is 5.82 Å². The zero-order valence-electron chi connectivity index (χ0n) is 13.4. The van der Waals surface area contributed by atoms with Crippen molar-refractivity contribution >= 4 is 15.8 Å². The van der Waals surface area contributed by atoms with Crippen LogP contribution in [-0.4, -0.2) is 33.0 Å². The first kappa shape index (κ1) is 16.2. The Hall–Kier alpha value is -2.68. The molecule has 0 aromatic carbocycles. The summed E-state index contributed by atoms with van der Waals surface area (Å²) in [4.78, 5) is 4.20. The second-order valence-corrected chi connectivity index (χ2v) is 7.01. The van der Waals surface area contributed by atoms with Gasteiger partial charge in [-0.25, -0.2) is 22.8 Å². The van der Waals surface area contributed by atoms with Crippen LogP contribution in [0.25, 0.3) is 5.82 Å². The second-order valence-electron chi connectivity index (χ2n) is 5.33. The molecule has 3 aromatic rings. The first-order valence-electron chi connectivity index (χ1n) is 7.53. The first-order valence-corrected chi connectivity index (χ1v) is 9.02. The lowest BCUT2D eigenvalue weighted by molar-refractivity contribution is 0.484. The summed E-state index contributed by atoms with van der Waals surface area (Å²) in [6, 6.07) is 7.06. The van der Waals surface area contributed by atoms with Gasteiger partial charge >= 0.3 is 0 Å². The van der Waals surface area contributed by atoms with Crippen molar-refractivity contribution in [3.8, 4) is 5.82 Å². The molecule has 1 N–H and O–H groups in total. The molecule has 9 heteroatoms. The van der Waals surface area contributed by atoms with Gasteiger partial charge in [-0.05, 0) is 25.5 Å². The maximum absolute atomic E-state index is 12.6. The molecule has 0 bridgehead atoms. The van der Waals surface area contributed by atoms with E-state index in [0.29, 0.717) is 11.6 Å². The van der Waals surface area contributed by atoms with Crippen LogP contribution in [0.2, 0.25) is 0 Å². The molecular weight excluding hydrogens is 328 g/mol. The quantitative estimate of drug-likeness (QED) is 0.738. The molecule has 3 rings (SSSR count). The van der Waals surface area contributed by atoms with E-state index >= 15 is 0 Å². The molecule has 126 valence electrons. The summed E-state index contributed by atoms with van der Waals surface area (Å²) in [5.74, 6) is 0.971. The molecule has 0 fully saturated rings. The highest BCUT2D eigenvalue weighted by Gasteiger charge is 2.20. The highest BCUT2D eigenvalue weighted by Crippen LogP contribution is 2.20. The van der Waals surface area contributed by atoms with Gasteiger partial charge in [0.25, 0.3) is 10.0 Å². The maximum atomic E-state index is 12.6. The van der Waals surface area contributed by atoms with E-state index in [1.807, 2.05) is 13.8 Å².